The average Bonchev–Trinajstić information content (AvgIpc) is 2.24. The van der Waals surface area contributed by atoms with Crippen LogP contribution in [-0.2, 0) is 19.0 Å². The molecular formula is C10H12Cl2O4S. The highest BCUT2D eigenvalue weighted by molar-refractivity contribution is 7.86. The summed E-state index contributed by atoms with van der Waals surface area (Å²) in [6.45, 7) is 2.48. The fourth-order valence-electron chi connectivity index (χ4n) is 1.09. The predicted octanol–water partition coefficient (Wildman–Crippen LogP) is 2.74. The van der Waals surface area contributed by atoms with Gasteiger partial charge in [-0.25, -0.2) is 0 Å². The van der Waals surface area contributed by atoms with Crippen molar-refractivity contribution in [2.75, 3.05) is 19.8 Å². The summed E-state index contributed by atoms with van der Waals surface area (Å²) >= 11 is 11.5. The third-order valence-corrected chi connectivity index (χ3v) is 3.87. The first-order valence-electron chi connectivity index (χ1n) is 4.89. The molecule has 0 amide bonds. The lowest BCUT2D eigenvalue weighted by Crippen LogP contribution is -2.12. The first-order valence-corrected chi connectivity index (χ1v) is 7.06. The second kappa shape index (κ2) is 6.56. The van der Waals surface area contributed by atoms with E-state index < -0.39 is 10.1 Å². The van der Waals surface area contributed by atoms with Crippen LogP contribution in [0.5, 0.6) is 0 Å². The number of hydrogen-bond donors (Lipinski definition) is 0. The van der Waals surface area contributed by atoms with Crippen LogP contribution in [0.1, 0.15) is 6.92 Å². The maximum Gasteiger partial charge on any atom is 0.298 e. The van der Waals surface area contributed by atoms with Gasteiger partial charge < -0.3 is 4.74 Å². The molecule has 1 rings (SSSR count). The van der Waals surface area contributed by atoms with Crippen molar-refractivity contribution in [3.63, 3.8) is 0 Å². The van der Waals surface area contributed by atoms with E-state index >= 15 is 0 Å². The van der Waals surface area contributed by atoms with Crippen LogP contribution in [0.4, 0.5) is 0 Å². The summed E-state index contributed by atoms with van der Waals surface area (Å²) in [5.74, 6) is 0. The Hall–Kier alpha value is -0.330. The number of halogens is 2. The molecule has 1 aromatic rings. The summed E-state index contributed by atoms with van der Waals surface area (Å²) < 4.78 is 33.2. The largest absolute Gasteiger partial charge is 0.379 e. The van der Waals surface area contributed by atoms with Crippen molar-refractivity contribution in [1.29, 1.82) is 0 Å². The molecule has 1 aromatic carbocycles. The quantitative estimate of drug-likeness (QED) is 0.598. The molecule has 0 radical (unpaired) electrons. The van der Waals surface area contributed by atoms with E-state index in [0.29, 0.717) is 11.6 Å². The van der Waals surface area contributed by atoms with Crippen LogP contribution in [0.15, 0.2) is 23.1 Å². The zero-order valence-corrected chi connectivity index (χ0v) is 11.5. The summed E-state index contributed by atoms with van der Waals surface area (Å²) in [5, 5.41) is 0.400. The van der Waals surface area contributed by atoms with Gasteiger partial charge in [0.05, 0.1) is 18.2 Å². The molecular weight excluding hydrogens is 287 g/mol. The molecule has 0 aromatic heterocycles. The van der Waals surface area contributed by atoms with Crippen molar-refractivity contribution >= 4 is 33.3 Å². The summed E-state index contributed by atoms with van der Waals surface area (Å²) in [7, 11) is -3.86. The maximum absolute atomic E-state index is 11.7. The number of hydrogen-bond acceptors (Lipinski definition) is 4. The van der Waals surface area contributed by atoms with Gasteiger partial charge in [-0.2, -0.15) is 8.42 Å². The lowest BCUT2D eigenvalue weighted by atomic mass is 10.4. The van der Waals surface area contributed by atoms with Gasteiger partial charge in [-0.1, -0.05) is 23.2 Å². The molecule has 0 N–H and O–H groups in total. The Balaban J connectivity index is 2.76. The van der Waals surface area contributed by atoms with Gasteiger partial charge in [0.15, 0.2) is 0 Å². The first kappa shape index (κ1) is 14.7. The molecule has 0 bridgehead atoms. The SMILES string of the molecule is CCOCCOS(=O)(=O)c1ccc(Cl)cc1Cl. The Bertz CT molecular complexity index is 473. The van der Waals surface area contributed by atoms with Gasteiger partial charge in [-0.3, -0.25) is 4.18 Å². The zero-order chi connectivity index (χ0) is 12.9. The van der Waals surface area contributed by atoms with E-state index in [1.165, 1.54) is 18.2 Å². The van der Waals surface area contributed by atoms with Crippen LogP contribution in [0.3, 0.4) is 0 Å². The molecule has 0 aliphatic carbocycles. The van der Waals surface area contributed by atoms with Crippen molar-refractivity contribution < 1.29 is 17.3 Å². The topological polar surface area (TPSA) is 52.6 Å². The minimum Gasteiger partial charge on any atom is -0.379 e. The van der Waals surface area contributed by atoms with E-state index in [4.69, 9.17) is 32.1 Å². The fraction of sp³-hybridized carbons (Fsp3) is 0.400. The van der Waals surface area contributed by atoms with E-state index in [9.17, 15) is 8.42 Å². The molecule has 4 nitrogen and oxygen atoms in total. The molecule has 0 atom stereocenters. The lowest BCUT2D eigenvalue weighted by molar-refractivity contribution is 0.112. The Morgan fingerprint density at radius 1 is 1.24 bits per heavy atom. The van der Waals surface area contributed by atoms with Crippen LogP contribution in [0.2, 0.25) is 10.0 Å². The highest BCUT2D eigenvalue weighted by Gasteiger charge is 2.18. The van der Waals surface area contributed by atoms with Crippen molar-refractivity contribution in [2.24, 2.45) is 0 Å². The Morgan fingerprint density at radius 3 is 2.53 bits per heavy atom. The summed E-state index contributed by atoms with van der Waals surface area (Å²) in [4.78, 5) is -0.0972. The third kappa shape index (κ3) is 4.44. The summed E-state index contributed by atoms with van der Waals surface area (Å²) in [5.41, 5.74) is 0. The number of ether oxygens (including phenoxy) is 1. The fourth-order valence-corrected chi connectivity index (χ4v) is 2.73. The van der Waals surface area contributed by atoms with Crippen LogP contribution >= 0.6 is 23.2 Å². The molecule has 0 unspecified atom stereocenters. The molecule has 0 heterocycles. The Kier molecular flexibility index (Phi) is 5.69. The summed E-state index contributed by atoms with van der Waals surface area (Å²) in [6.07, 6.45) is 0. The van der Waals surface area contributed by atoms with E-state index in [1.54, 1.807) is 0 Å². The predicted molar refractivity (Wildman–Crippen MR) is 66.1 cm³/mol. The van der Waals surface area contributed by atoms with Crippen LogP contribution in [0.25, 0.3) is 0 Å². The van der Waals surface area contributed by atoms with Crippen molar-refractivity contribution in [3.05, 3.63) is 28.2 Å². The molecule has 0 saturated heterocycles. The van der Waals surface area contributed by atoms with Gasteiger partial charge in [-0.05, 0) is 25.1 Å². The Morgan fingerprint density at radius 2 is 1.94 bits per heavy atom. The third-order valence-electron chi connectivity index (χ3n) is 1.83. The lowest BCUT2D eigenvalue weighted by Gasteiger charge is -2.07. The zero-order valence-electron chi connectivity index (χ0n) is 9.15. The number of rotatable bonds is 6. The van der Waals surface area contributed by atoms with E-state index in [0.717, 1.165) is 0 Å². The van der Waals surface area contributed by atoms with Gasteiger partial charge >= 0.3 is 0 Å². The van der Waals surface area contributed by atoms with Gasteiger partial charge in [0, 0.05) is 11.6 Å². The van der Waals surface area contributed by atoms with E-state index in [-0.39, 0.29) is 23.1 Å². The minimum absolute atomic E-state index is 0.0360. The van der Waals surface area contributed by atoms with Crippen molar-refractivity contribution in [2.45, 2.75) is 11.8 Å². The average molecular weight is 299 g/mol. The summed E-state index contributed by atoms with van der Waals surface area (Å²) in [6, 6.07) is 4.09. The van der Waals surface area contributed by atoms with Gasteiger partial charge in [0.1, 0.15) is 4.90 Å². The van der Waals surface area contributed by atoms with Crippen LogP contribution in [-0.4, -0.2) is 28.2 Å². The number of benzene rings is 1. The second-order valence-electron chi connectivity index (χ2n) is 3.05. The second-order valence-corrected chi connectivity index (χ2v) is 5.48. The molecule has 0 aliphatic heterocycles. The van der Waals surface area contributed by atoms with Gasteiger partial charge in [-0.15, -0.1) is 0 Å². The van der Waals surface area contributed by atoms with Gasteiger partial charge in [0.2, 0.25) is 0 Å². The van der Waals surface area contributed by atoms with Crippen molar-refractivity contribution in [1.82, 2.24) is 0 Å². The smallest absolute Gasteiger partial charge is 0.298 e. The molecule has 17 heavy (non-hydrogen) atoms. The highest BCUT2D eigenvalue weighted by atomic mass is 35.5. The molecule has 0 fully saturated rings. The normalized spacial score (nSPS) is 11.7. The Labute approximate surface area is 111 Å². The van der Waals surface area contributed by atoms with Crippen molar-refractivity contribution in [3.8, 4) is 0 Å². The first-order chi connectivity index (χ1) is 7.97. The van der Waals surface area contributed by atoms with E-state index in [1.807, 2.05) is 6.92 Å². The standard InChI is InChI=1S/C10H12Cl2O4S/c1-2-15-5-6-16-17(13,14)10-4-3-8(11)7-9(10)12/h3-4,7H,2,5-6H2,1H3. The van der Waals surface area contributed by atoms with Gasteiger partial charge in [0.25, 0.3) is 10.1 Å². The molecule has 0 saturated carbocycles. The van der Waals surface area contributed by atoms with Crippen LogP contribution < -0.4 is 0 Å². The molecule has 96 valence electrons. The molecule has 0 spiro atoms. The van der Waals surface area contributed by atoms with E-state index in [2.05, 4.69) is 0 Å². The molecule has 0 aliphatic rings. The van der Waals surface area contributed by atoms with Crippen LogP contribution in [0, 0.1) is 0 Å². The minimum atomic E-state index is -3.86. The maximum atomic E-state index is 11.7. The highest BCUT2D eigenvalue weighted by Crippen LogP contribution is 2.26. The monoisotopic (exact) mass is 298 g/mol. The molecule has 7 heteroatoms.